The molecular formula is C17H15ClO4S. The molecule has 0 bridgehead atoms. The van der Waals surface area contributed by atoms with Crippen molar-refractivity contribution in [2.24, 2.45) is 5.92 Å². The van der Waals surface area contributed by atoms with E-state index in [-0.39, 0.29) is 10.8 Å². The Morgan fingerprint density at radius 3 is 2.17 bits per heavy atom. The minimum atomic E-state index is -3.58. The molecule has 0 saturated heterocycles. The van der Waals surface area contributed by atoms with Crippen LogP contribution in [-0.2, 0) is 14.6 Å². The molecule has 1 aliphatic carbocycles. The Morgan fingerprint density at radius 2 is 1.65 bits per heavy atom. The number of benzene rings is 2. The van der Waals surface area contributed by atoms with E-state index >= 15 is 0 Å². The van der Waals surface area contributed by atoms with Gasteiger partial charge in [-0.3, -0.25) is 0 Å². The highest BCUT2D eigenvalue weighted by atomic mass is 35.5. The number of rotatable bonds is 5. The molecule has 2 aromatic rings. The molecule has 120 valence electrons. The van der Waals surface area contributed by atoms with Gasteiger partial charge in [-0.25, -0.2) is 8.42 Å². The van der Waals surface area contributed by atoms with Gasteiger partial charge in [-0.1, -0.05) is 23.7 Å². The molecule has 0 N–H and O–H groups in total. The van der Waals surface area contributed by atoms with Crippen molar-refractivity contribution in [1.82, 2.24) is 0 Å². The Hall–Kier alpha value is -1.85. The van der Waals surface area contributed by atoms with E-state index in [1.807, 2.05) is 0 Å². The maximum Gasteiger partial charge on any atom is 0.182 e. The molecule has 0 spiro atoms. The van der Waals surface area contributed by atoms with Crippen LogP contribution in [0.15, 0.2) is 53.4 Å². The molecular weight excluding hydrogens is 336 g/mol. The van der Waals surface area contributed by atoms with Crippen molar-refractivity contribution in [2.75, 3.05) is 7.11 Å². The standard InChI is InChI=1S/C17H15ClO4S/c1-22-13-6-2-11(3-7-13)16-15(10-19)17(16)23(20,21)14-8-4-12(18)5-9-14/h2-10,15-17H,1H3. The Kier molecular flexibility index (Phi) is 4.17. The summed E-state index contributed by atoms with van der Waals surface area (Å²) in [6.07, 6.45) is 0.729. The molecule has 1 fully saturated rings. The van der Waals surface area contributed by atoms with Gasteiger partial charge in [0.25, 0.3) is 0 Å². The highest BCUT2D eigenvalue weighted by Crippen LogP contribution is 2.53. The molecule has 3 rings (SSSR count). The number of hydrogen-bond acceptors (Lipinski definition) is 4. The third kappa shape index (κ3) is 2.86. The Morgan fingerprint density at radius 1 is 1.04 bits per heavy atom. The van der Waals surface area contributed by atoms with E-state index in [2.05, 4.69) is 0 Å². The highest BCUT2D eigenvalue weighted by molar-refractivity contribution is 7.92. The summed E-state index contributed by atoms with van der Waals surface area (Å²) in [5.41, 5.74) is 0.824. The number of methoxy groups -OCH3 is 1. The van der Waals surface area contributed by atoms with Crippen molar-refractivity contribution < 1.29 is 17.9 Å². The number of hydrogen-bond donors (Lipinski definition) is 0. The van der Waals surface area contributed by atoms with Gasteiger partial charge in [0.2, 0.25) is 0 Å². The monoisotopic (exact) mass is 350 g/mol. The summed E-state index contributed by atoms with van der Waals surface area (Å²) in [7, 11) is -2.01. The normalized spacial score (nSPS) is 23.3. The van der Waals surface area contributed by atoms with Crippen LogP contribution in [0.4, 0.5) is 0 Å². The van der Waals surface area contributed by atoms with Gasteiger partial charge in [0.05, 0.1) is 17.3 Å². The molecule has 3 unspecified atom stereocenters. The predicted octanol–water partition coefficient (Wildman–Crippen LogP) is 3.10. The summed E-state index contributed by atoms with van der Waals surface area (Å²) < 4.78 is 30.6. The van der Waals surface area contributed by atoms with Crippen LogP contribution in [0, 0.1) is 5.92 Å². The molecule has 0 heterocycles. The van der Waals surface area contributed by atoms with Crippen molar-refractivity contribution in [1.29, 1.82) is 0 Å². The fourth-order valence-corrected chi connectivity index (χ4v) is 5.12. The molecule has 0 amide bonds. The molecule has 1 saturated carbocycles. The minimum Gasteiger partial charge on any atom is -0.497 e. The quantitative estimate of drug-likeness (QED) is 0.777. The fourth-order valence-electron chi connectivity index (χ4n) is 2.89. The number of carbonyl (C=O) groups excluding carboxylic acids is 1. The number of carbonyl (C=O) groups is 1. The van der Waals surface area contributed by atoms with Crippen LogP contribution in [0.25, 0.3) is 0 Å². The average molecular weight is 351 g/mol. The second kappa shape index (κ2) is 5.98. The SMILES string of the molecule is COc1ccc(C2C(C=O)C2S(=O)(=O)c2ccc(Cl)cc2)cc1. The molecule has 2 aromatic carbocycles. The van der Waals surface area contributed by atoms with E-state index in [1.165, 1.54) is 24.3 Å². The first kappa shape index (κ1) is 16.0. The largest absolute Gasteiger partial charge is 0.497 e. The zero-order valence-electron chi connectivity index (χ0n) is 12.3. The predicted molar refractivity (Wildman–Crippen MR) is 87.7 cm³/mol. The van der Waals surface area contributed by atoms with Gasteiger partial charge >= 0.3 is 0 Å². The summed E-state index contributed by atoms with van der Waals surface area (Å²) in [4.78, 5) is 11.5. The van der Waals surface area contributed by atoms with Gasteiger partial charge in [-0.15, -0.1) is 0 Å². The fraction of sp³-hybridized carbons (Fsp3) is 0.235. The van der Waals surface area contributed by atoms with Gasteiger partial charge in [0.1, 0.15) is 12.0 Å². The molecule has 0 aromatic heterocycles. The van der Waals surface area contributed by atoms with Crippen LogP contribution in [0.3, 0.4) is 0 Å². The van der Waals surface area contributed by atoms with E-state index in [4.69, 9.17) is 16.3 Å². The van der Waals surface area contributed by atoms with Crippen molar-refractivity contribution in [2.45, 2.75) is 16.1 Å². The molecule has 4 nitrogen and oxygen atoms in total. The molecule has 1 aliphatic rings. The summed E-state index contributed by atoms with van der Waals surface area (Å²) in [6, 6.07) is 13.2. The number of ether oxygens (including phenoxy) is 1. The summed E-state index contributed by atoms with van der Waals surface area (Å²) in [6.45, 7) is 0. The lowest BCUT2D eigenvalue weighted by Gasteiger charge is -2.05. The van der Waals surface area contributed by atoms with Gasteiger partial charge in [0, 0.05) is 16.9 Å². The van der Waals surface area contributed by atoms with Gasteiger partial charge in [-0.2, -0.15) is 0 Å². The zero-order valence-corrected chi connectivity index (χ0v) is 13.9. The number of halogens is 1. The van der Waals surface area contributed by atoms with E-state index in [1.54, 1.807) is 31.4 Å². The molecule has 0 radical (unpaired) electrons. The van der Waals surface area contributed by atoms with Gasteiger partial charge < -0.3 is 9.53 Å². The van der Waals surface area contributed by atoms with Crippen LogP contribution in [0.2, 0.25) is 5.02 Å². The van der Waals surface area contributed by atoms with Crippen LogP contribution < -0.4 is 4.74 Å². The lowest BCUT2D eigenvalue weighted by Crippen LogP contribution is -2.11. The van der Waals surface area contributed by atoms with E-state index < -0.39 is 21.0 Å². The third-order valence-corrected chi connectivity index (χ3v) is 6.67. The van der Waals surface area contributed by atoms with E-state index in [0.29, 0.717) is 10.8 Å². The third-order valence-electron chi connectivity index (χ3n) is 4.17. The highest BCUT2D eigenvalue weighted by Gasteiger charge is 2.59. The molecule has 23 heavy (non-hydrogen) atoms. The van der Waals surface area contributed by atoms with Crippen LogP contribution >= 0.6 is 11.6 Å². The zero-order chi connectivity index (χ0) is 16.6. The number of sulfone groups is 1. The second-order valence-electron chi connectivity index (χ2n) is 5.48. The first-order valence-electron chi connectivity index (χ1n) is 7.07. The number of aldehydes is 1. The van der Waals surface area contributed by atoms with Crippen molar-refractivity contribution in [3.05, 3.63) is 59.1 Å². The van der Waals surface area contributed by atoms with Crippen molar-refractivity contribution in [3.8, 4) is 5.75 Å². The summed E-state index contributed by atoms with van der Waals surface area (Å²) >= 11 is 5.80. The lowest BCUT2D eigenvalue weighted by molar-refractivity contribution is -0.108. The maximum absolute atomic E-state index is 12.8. The van der Waals surface area contributed by atoms with Crippen molar-refractivity contribution in [3.63, 3.8) is 0 Å². The average Bonchev–Trinajstić information content (AvgIpc) is 3.31. The Balaban J connectivity index is 1.92. The van der Waals surface area contributed by atoms with Crippen LogP contribution in [0.5, 0.6) is 5.75 Å². The summed E-state index contributed by atoms with van der Waals surface area (Å²) in [5, 5.41) is -0.257. The molecule has 3 atom stereocenters. The van der Waals surface area contributed by atoms with Gasteiger partial charge in [-0.05, 0) is 42.0 Å². The van der Waals surface area contributed by atoms with E-state index in [9.17, 15) is 13.2 Å². The molecule has 0 aliphatic heterocycles. The topological polar surface area (TPSA) is 60.4 Å². The first-order chi connectivity index (χ1) is 11.0. The Labute approximate surface area is 140 Å². The maximum atomic E-state index is 12.8. The second-order valence-corrected chi connectivity index (χ2v) is 8.02. The Bertz CT molecular complexity index is 813. The van der Waals surface area contributed by atoms with E-state index in [0.717, 1.165) is 11.8 Å². The van der Waals surface area contributed by atoms with Crippen LogP contribution in [0.1, 0.15) is 11.5 Å². The van der Waals surface area contributed by atoms with Crippen molar-refractivity contribution >= 4 is 27.7 Å². The molecule has 6 heteroatoms. The minimum absolute atomic E-state index is 0.190. The lowest BCUT2D eigenvalue weighted by atomic mass is 10.1. The van der Waals surface area contributed by atoms with Crippen LogP contribution in [-0.4, -0.2) is 27.1 Å². The summed E-state index contributed by atoms with van der Waals surface area (Å²) in [5.74, 6) is -0.155. The van der Waals surface area contributed by atoms with Gasteiger partial charge in [0.15, 0.2) is 9.84 Å². The smallest absolute Gasteiger partial charge is 0.182 e. The first-order valence-corrected chi connectivity index (χ1v) is 9.00.